The van der Waals surface area contributed by atoms with Crippen LogP contribution in [0.25, 0.3) is 0 Å². The SMILES string of the molecule is CCc1nc(C)c(C(=O)N[C@@H](CC)c2ncc(C)[nH]2)o1. The Bertz CT molecular complexity index is 600. The number of hydrogen-bond donors (Lipinski definition) is 2. The number of aromatic amines is 1. The van der Waals surface area contributed by atoms with E-state index in [9.17, 15) is 4.79 Å². The molecule has 6 heteroatoms. The molecule has 1 amide bonds. The molecule has 0 aliphatic rings. The quantitative estimate of drug-likeness (QED) is 0.878. The zero-order chi connectivity index (χ0) is 14.7. The Morgan fingerprint density at radius 3 is 2.70 bits per heavy atom. The lowest BCUT2D eigenvalue weighted by atomic mass is 10.2. The van der Waals surface area contributed by atoms with Gasteiger partial charge in [-0.2, -0.15) is 0 Å². The van der Waals surface area contributed by atoms with Crippen LogP contribution in [0.2, 0.25) is 0 Å². The smallest absolute Gasteiger partial charge is 0.289 e. The average molecular weight is 276 g/mol. The number of H-pyrrole nitrogens is 1. The second-order valence-electron chi connectivity index (χ2n) is 4.76. The Kier molecular flexibility index (Phi) is 4.22. The van der Waals surface area contributed by atoms with Crippen LogP contribution in [0, 0.1) is 13.8 Å². The molecule has 0 unspecified atom stereocenters. The Morgan fingerprint density at radius 2 is 2.20 bits per heavy atom. The summed E-state index contributed by atoms with van der Waals surface area (Å²) in [6.07, 6.45) is 3.16. The lowest BCUT2D eigenvalue weighted by Gasteiger charge is -2.13. The lowest BCUT2D eigenvalue weighted by Crippen LogP contribution is -2.29. The Labute approximate surface area is 118 Å². The zero-order valence-corrected chi connectivity index (χ0v) is 12.3. The molecule has 2 aromatic heterocycles. The van der Waals surface area contributed by atoms with E-state index >= 15 is 0 Å². The van der Waals surface area contributed by atoms with E-state index in [0.717, 1.165) is 17.9 Å². The molecule has 2 N–H and O–H groups in total. The van der Waals surface area contributed by atoms with E-state index in [2.05, 4.69) is 20.3 Å². The number of amides is 1. The fourth-order valence-electron chi connectivity index (χ4n) is 2.01. The summed E-state index contributed by atoms with van der Waals surface area (Å²) in [5.74, 6) is 1.36. The number of carbonyl (C=O) groups excluding carboxylic acids is 1. The summed E-state index contributed by atoms with van der Waals surface area (Å²) in [5, 5.41) is 2.92. The minimum atomic E-state index is -0.254. The maximum absolute atomic E-state index is 12.3. The average Bonchev–Trinajstić information content (AvgIpc) is 3.01. The number of nitrogens with one attached hydrogen (secondary N) is 2. The van der Waals surface area contributed by atoms with Crippen LogP contribution >= 0.6 is 0 Å². The van der Waals surface area contributed by atoms with Crippen LogP contribution in [0.5, 0.6) is 0 Å². The zero-order valence-electron chi connectivity index (χ0n) is 12.3. The molecule has 0 bridgehead atoms. The summed E-state index contributed by atoms with van der Waals surface area (Å²) in [7, 11) is 0. The highest BCUT2D eigenvalue weighted by molar-refractivity contribution is 5.92. The standard InChI is InChI=1S/C14H20N4O2/c1-5-10(13-15-7-8(3)16-13)18-14(19)12-9(4)17-11(6-2)20-12/h7,10H,5-6H2,1-4H3,(H,15,16)(H,18,19)/t10-/m0/s1. The third-order valence-corrected chi connectivity index (χ3v) is 3.12. The number of aromatic nitrogens is 3. The maximum atomic E-state index is 12.3. The van der Waals surface area contributed by atoms with Crippen LogP contribution in [0.4, 0.5) is 0 Å². The van der Waals surface area contributed by atoms with Crippen molar-refractivity contribution in [2.24, 2.45) is 0 Å². The molecule has 0 aliphatic heterocycles. The van der Waals surface area contributed by atoms with E-state index in [1.54, 1.807) is 13.1 Å². The largest absolute Gasteiger partial charge is 0.435 e. The van der Waals surface area contributed by atoms with Gasteiger partial charge in [0.2, 0.25) is 5.76 Å². The fourth-order valence-corrected chi connectivity index (χ4v) is 2.01. The highest BCUT2D eigenvalue weighted by Gasteiger charge is 2.21. The van der Waals surface area contributed by atoms with Gasteiger partial charge in [0.25, 0.3) is 5.91 Å². The van der Waals surface area contributed by atoms with E-state index in [4.69, 9.17) is 4.42 Å². The molecule has 2 aromatic rings. The van der Waals surface area contributed by atoms with Crippen molar-refractivity contribution in [1.29, 1.82) is 0 Å². The number of oxazole rings is 1. The predicted octanol–water partition coefficient (Wildman–Crippen LogP) is 2.46. The minimum Gasteiger partial charge on any atom is -0.435 e. The van der Waals surface area contributed by atoms with Crippen molar-refractivity contribution in [3.05, 3.63) is 35.1 Å². The predicted molar refractivity (Wildman–Crippen MR) is 74.4 cm³/mol. The van der Waals surface area contributed by atoms with Crippen LogP contribution in [0.15, 0.2) is 10.6 Å². The van der Waals surface area contributed by atoms with Crippen molar-refractivity contribution >= 4 is 5.91 Å². The molecule has 0 aliphatic carbocycles. The van der Waals surface area contributed by atoms with E-state index in [-0.39, 0.29) is 17.7 Å². The highest BCUT2D eigenvalue weighted by Crippen LogP contribution is 2.16. The van der Waals surface area contributed by atoms with Gasteiger partial charge in [-0.25, -0.2) is 9.97 Å². The highest BCUT2D eigenvalue weighted by atomic mass is 16.4. The van der Waals surface area contributed by atoms with Gasteiger partial charge < -0.3 is 14.7 Å². The molecule has 6 nitrogen and oxygen atoms in total. The monoisotopic (exact) mass is 276 g/mol. The van der Waals surface area contributed by atoms with Crippen molar-refractivity contribution in [2.45, 2.75) is 46.6 Å². The molecule has 0 fully saturated rings. The molecular formula is C14H20N4O2. The Balaban J connectivity index is 2.14. The molecule has 1 atom stereocenters. The van der Waals surface area contributed by atoms with Crippen molar-refractivity contribution in [2.75, 3.05) is 0 Å². The normalized spacial score (nSPS) is 12.4. The molecule has 20 heavy (non-hydrogen) atoms. The Hall–Kier alpha value is -2.11. The second kappa shape index (κ2) is 5.90. The summed E-state index contributed by atoms with van der Waals surface area (Å²) in [6, 6.07) is -0.161. The van der Waals surface area contributed by atoms with Crippen LogP contribution in [0.3, 0.4) is 0 Å². The van der Waals surface area contributed by atoms with Gasteiger partial charge in [0.15, 0.2) is 5.89 Å². The molecule has 0 aromatic carbocycles. The van der Waals surface area contributed by atoms with Gasteiger partial charge in [0.1, 0.15) is 5.82 Å². The third-order valence-electron chi connectivity index (χ3n) is 3.12. The van der Waals surface area contributed by atoms with E-state index < -0.39 is 0 Å². The van der Waals surface area contributed by atoms with E-state index in [1.165, 1.54) is 0 Å². The minimum absolute atomic E-state index is 0.161. The first-order valence-electron chi connectivity index (χ1n) is 6.83. The molecule has 0 spiro atoms. The van der Waals surface area contributed by atoms with Crippen LogP contribution in [-0.2, 0) is 6.42 Å². The van der Waals surface area contributed by atoms with Crippen LogP contribution < -0.4 is 5.32 Å². The van der Waals surface area contributed by atoms with Gasteiger partial charge in [-0.3, -0.25) is 4.79 Å². The van der Waals surface area contributed by atoms with E-state index in [1.807, 2.05) is 20.8 Å². The van der Waals surface area contributed by atoms with Crippen LogP contribution in [0.1, 0.15) is 60.0 Å². The number of nitrogens with zero attached hydrogens (tertiary/aromatic N) is 2. The van der Waals surface area contributed by atoms with E-state index in [0.29, 0.717) is 18.0 Å². The van der Waals surface area contributed by atoms with Gasteiger partial charge in [-0.1, -0.05) is 13.8 Å². The first-order chi connectivity index (χ1) is 9.55. The van der Waals surface area contributed by atoms with Crippen LogP contribution in [-0.4, -0.2) is 20.9 Å². The fraction of sp³-hybridized carbons (Fsp3) is 0.500. The molecule has 0 saturated heterocycles. The van der Waals surface area contributed by atoms with Gasteiger partial charge in [-0.05, 0) is 20.3 Å². The Morgan fingerprint density at radius 1 is 1.45 bits per heavy atom. The molecular weight excluding hydrogens is 256 g/mol. The summed E-state index contributed by atoms with van der Waals surface area (Å²) >= 11 is 0. The van der Waals surface area contributed by atoms with Gasteiger partial charge in [0.05, 0.1) is 11.7 Å². The lowest BCUT2D eigenvalue weighted by molar-refractivity contribution is 0.0903. The third kappa shape index (κ3) is 2.89. The molecule has 2 heterocycles. The first kappa shape index (κ1) is 14.3. The molecule has 0 radical (unpaired) electrons. The number of hydrogen-bond acceptors (Lipinski definition) is 4. The topological polar surface area (TPSA) is 83.8 Å². The second-order valence-corrected chi connectivity index (χ2v) is 4.76. The maximum Gasteiger partial charge on any atom is 0.289 e. The van der Waals surface area contributed by atoms with Crippen molar-refractivity contribution < 1.29 is 9.21 Å². The van der Waals surface area contributed by atoms with Crippen molar-refractivity contribution in [3.8, 4) is 0 Å². The summed E-state index contributed by atoms with van der Waals surface area (Å²) in [6.45, 7) is 7.63. The summed E-state index contributed by atoms with van der Waals surface area (Å²) in [4.78, 5) is 23.9. The molecule has 2 rings (SSSR count). The summed E-state index contributed by atoms with van der Waals surface area (Å²) < 4.78 is 5.46. The van der Waals surface area contributed by atoms with Gasteiger partial charge >= 0.3 is 0 Å². The summed E-state index contributed by atoms with van der Waals surface area (Å²) in [5.41, 5.74) is 1.58. The molecule has 0 saturated carbocycles. The van der Waals surface area contributed by atoms with Gasteiger partial charge in [-0.15, -0.1) is 0 Å². The number of imidazole rings is 1. The van der Waals surface area contributed by atoms with Gasteiger partial charge in [0, 0.05) is 18.3 Å². The van der Waals surface area contributed by atoms with Crippen molar-refractivity contribution in [1.82, 2.24) is 20.3 Å². The number of carbonyl (C=O) groups is 1. The van der Waals surface area contributed by atoms with Crippen molar-refractivity contribution in [3.63, 3.8) is 0 Å². The molecule has 108 valence electrons. The number of aryl methyl sites for hydroxylation is 3. The number of rotatable bonds is 5. The first-order valence-corrected chi connectivity index (χ1v) is 6.83.